The molecule has 0 radical (unpaired) electrons. The van der Waals surface area contributed by atoms with Crippen LogP contribution in [0.15, 0.2) is 82.2 Å². The van der Waals surface area contributed by atoms with Crippen molar-refractivity contribution >= 4 is 27.3 Å². The molecule has 196 valence electrons. The molecule has 0 aliphatic rings. The molecule has 0 saturated carbocycles. The van der Waals surface area contributed by atoms with Crippen molar-refractivity contribution < 1.29 is 22.7 Å². The number of amides is 1. The van der Waals surface area contributed by atoms with E-state index in [2.05, 4.69) is 29.3 Å². The summed E-state index contributed by atoms with van der Waals surface area (Å²) in [5, 5.41) is 18.7. The van der Waals surface area contributed by atoms with Gasteiger partial charge in [-0.2, -0.15) is 4.98 Å². The van der Waals surface area contributed by atoms with Crippen LogP contribution in [0, 0.1) is 16.0 Å². The van der Waals surface area contributed by atoms with Gasteiger partial charge in [-0.15, -0.1) is 0 Å². The third-order valence-corrected chi connectivity index (χ3v) is 6.91. The van der Waals surface area contributed by atoms with Crippen molar-refractivity contribution in [3.8, 4) is 22.8 Å². The van der Waals surface area contributed by atoms with Crippen LogP contribution in [0.5, 0.6) is 0 Å². The topological polar surface area (TPSA) is 157 Å². The molecule has 0 saturated heterocycles. The molecule has 3 aromatic carbocycles. The first kappa shape index (κ1) is 26.5. The van der Waals surface area contributed by atoms with Crippen LogP contribution in [-0.2, 0) is 10.0 Å². The molecule has 4 rings (SSSR count). The highest BCUT2D eigenvalue weighted by atomic mass is 32.2. The van der Waals surface area contributed by atoms with Crippen molar-refractivity contribution in [1.82, 2.24) is 14.9 Å². The van der Waals surface area contributed by atoms with Gasteiger partial charge in [-0.25, -0.2) is 13.1 Å². The van der Waals surface area contributed by atoms with Gasteiger partial charge in [-0.1, -0.05) is 43.3 Å². The summed E-state index contributed by atoms with van der Waals surface area (Å²) >= 11 is 0. The van der Waals surface area contributed by atoms with E-state index in [9.17, 15) is 23.3 Å². The minimum Gasteiger partial charge on any atom is -0.379 e. The van der Waals surface area contributed by atoms with E-state index in [1.807, 2.05) is 4.72 Å². The predicted molar refractivity (Wildman–Crippen MR) is 141 cm³/mol. The average Bonchev–Trinajstić information content (AvgIpc) is 3.39. The molecule has 0 fully saturated rings. The van der Waals surface area contributed by atoms with Gasteiger partial charge in [0.2, 0.25) is 5.82 Å². The minimum atomic E-state index is -4.05. The lowest BCUT2D eigenvalue weighted by atomic mass is 10.1. The van der Waals surface area contributed by atoms with Crippen LogP contribution in [0.2, 0.25) is 0 Å². The number of benzene rings is 3. The molecule has 12 heteroatoms. The second-order valence-corrected chi connectivity index (χ2v) is 10.5. The summed E-state index contributed by atoms with van der Waals surface area (Å²) in [7, 11) is -4.05. The van der Waals surface area contributed by atoms with E-state index in [0.717, 1.165) is 6.42 Å². The molecule has 4 aromatic rings. The summed E-state index contributed by atoms with van der Waals surface area (Å²) in [5.41, 5.74) is 1.09. The maximum atomic E-state index is 12.7. The standard InChI is InChI=1S/C26H25N5O6S/c1-17(2)13-14-27-22-12-11-18(16-23(22)31(33)34)24-28-26(37-29-24)20-8-6-7-19(15-20)25(32)30-38(35,36)21-9-4-3-5-10-21/h3-12,15-17,27H,13-14H2,1-2H3,(H,30,32). The molecule has 2 N–H and O–H groups in total. The van der Waals surface area contributed by atoms with Gasteiger partial charge in [0, 0.05) is 29.3 Å². The molecule has 0 bridgehead atoms. The van der Waals surface area contributed by atoms with Gasteiger partial charge in [0.05, 0.1) is 9.82 Å². The van der Waals surface area contributed by atoms with Crippen molar-refractivity contribution in [1.29, 1.82) is 0 Å². The zero-order chi connectivity index (χ0) is 27.3. The molecule has 0 aliphatic heterocycles. The number of carbonyl (C=O) groups is 1. The molecular weight excluding hydrogens is 510 g/mol. The lowest BCUT2D eigenvalue weighted by molar-refractivity contribution is -0.383. The summed E-state index contributed by atoms with van der Waals surface area (Å²) in [5.74, 6) is -0.191. The second kappa shape index (κ2) is 11.2. The monoisotopic (exact) mass is 535 g/mol. The van der Waals surface area contributed by atoms with Crippen LogP contribution in [0.25, 0.3) is 22.8 Å². The smallest absolute Gasteiger partial charge is 0.293 e. The number of carbonyl (C=O) groups excluding carboxylic acids is 1. The van der Waals surface area contributed by atoms with Gasteiger partial charge in [0.25, 0.3) is 27.5 Å². The first-order chi connectivity index (χ1) is 18.1. The largest absolute Gasteiger partial charge is 0.379 e. The number of aromatic nitrogens is 2. The number of sulfonamides is 1. The number of rotatable bonds is 10. The Labute approximate surface area is 219 Å². The first-order valence-corrected chi connectivity index (χ1v) is 13.2. The normalized spacial score (nSPS) is 11.3. The fraction of sp³-hybridized carbons (Fsp3) is 0.192. The summed E-state index contributed by atoms with van der Waals surface area (Å²) in [6.45, 7) is 4.74. The molecule has 0 aliphatic carbocycles. The van der Waals surface area contributed by atoms with Crippen LogP contribution in [-0.4, -0.2) is 35.9 Å². The quantitative estimate of drug-likeness (QED) is 0.213. The average molecular weight is 536 g/mol. The lowest BCUT2D eigenvalue weighted by Gasteiger charge is -2.09. The number of hydrogen-bond acceptors (Lipinski definition) is 9. The van der Waals surface area contributed by atoms with Gasteiger partial charge in [0.1, 0.15) is 5.69 Å². The Hall–Kier alpha value is -4.58. The Morgan fingerprint density at radius 1 is 1.03 bits per heavy atom. The molecule has 0 unspecified atom stereocenters. The fourth-order valence-electron chi connectivity index (χ4n) is 3.56. The van der Waals surface area contributed by atoms with Crippen LogP contribution in [0.1, 0.15) is 30.6 Å². The Kier molecular flexibility index (Phi) is 7.82. The van der Waals surface area contributed by atoms with Gasteiger partial charge < -0.3 is 9.84 Å². The molecule has 1 aromatic heterocycles. The minimum absolute atomic E-state index is 0.0405. The van der Waals surface area contributed by atoms with E-state index >= 15 is 0 Å². The van der Waals surface area contributed by atoms with Crippen molar-refractivity contribution in [2.75, 3.05) is 11.9 Å². The molecule has 1 amide bonds. The lowest BCUT2D eigenvalue weighted by Crippen LogP contribution is -2.30. The molecule has 0 atom stereocenters. The number of nitrogens with zero attached hydrogens (tertiary/aromatic N) is 3. The summed E-state index contributed by atoms with van der Waals surface area (Å²) in [6, 6.07) is 18.2. The van der Waals surface area contributed by atoms with E-state index in [1.54, 1.807) is 42.5 Å². The first-order valence-electron chi connectivity index (χ1n) is 11.7. The van der Waals surface area contributed by atoms with E-state index in [1.165, 1.54) is 30.3 Å². The van der Waals surface area contributed by atoms with Crippen LogP contribution < -0.4 is 10.0 Å². The third-order valence-electron chi connectivity index (χ3n) is 5.57. The van der Waals surface area contributed by atoms with Crippen LogP contribution >= 0.6 is 0 Å². The maximum absolute atomic E-state index is 12.7. The van der Waals surface area contributed by atoms with Gasteiger partial charge in [-0.05, 0) is 54.8 Å². The molecule has 1 heterocycles. The fourth-order valence-corrected chi connectivity index (χ4v) is 4.55. The number of hydrogen-bond donors (Lipinski definition) is 2. The highest BCUT2D eigenvalue weighted by Crippen LogP contribution is 2.31. The van der Waals surface area contributed by atoms with Crippen LogP contribution in [0.3, 0.4) is 0 Å². The van der Waals surface area contributed by atoms with Crippen molar-refractivity contribution in [2.24, 2.45) is 5.92 Å². The Bertz CT molecular complexity index is 1570. The van der Waals surface area contributed by atoms with Crippen molar-refractivity contribution in [3.63, 3.8) is 0 Å². The maximum Gasteiger partial charge on any atom is 0.293 e. The van der Waals surface area contributed by atoms with Gasteiger partial charge in [0.15, 0.2) is 0 Å². The second-order valence-electron chi connectivity index (χ2n) is 8.85. The van der Waals surface area contributed by atoms with E-state index in [0.29, 0.717) is 29.3 Å². The summed E-state index contributed by atoms with van der Waals surface area (Å²) in [4.78, 5) is 28.1. The van der Waals surface area contributed by atoms with Crippen LogP contribution in [0.4, 0.5) is 11.4 Å². The van der Waals surface area contributed by atoms with Crippen molar-refractivity contribution in [2.45, 2.75) is 25.2 Å². The molecular formula is C26H25N5O6S. The Morgan fingerprint density at radius 2 is 1.79 bits per heavy atom. The van der Waals surface area contributed by atoms with E-state index < -0.39 is 20.9 Å². The van der Waals surface area contributed by atoms with Gasteiger partial charge in [-0.3, -0.25) is 14.9 Å². The zero-order valence-corrected chi connectivity index (χ0v) is 21.4. The highest BCUT2D eigenvalue weighted by Gasteiger charge is 2.21. The molecule has 11 nitrogen and oxygen atoms in total. The van der Waals surface area contributed by atoms with E-state index in [-0.39, 0.29) is 27.9 Å². The summed E-state index contributed by atoms with van der Waals surface area (Å²) in [6.07, 6.45) is 0.863. The highest BCUT2D eigenvalue weighted by molar-refractivity contribution is 7.90. The number of nitro benzene ring substituents is 1. The number of anilines is 1. The summed E-state index contributed by atoms with van der Waals surface area (Å²) < 4.78 is 32.4. The van der Waals surface area contributed by atoms with Gasteiger partial charge >= 0.3 is 0 Å². The molecule has 0 spiro atoms. The predicted octanol–water partition coefficient (Wildman–Crippen LogP) is 4.89. The third kappa shape index (κ3) is 6.21. The molecule has 38 heavy (non-hydrogen) atoms. The van der Waals surface area contributed by atoms with E-state index in [4.69, 9.17) is 4.52 Å². The number of nitro groups is 1. The number of nitrogens with one attached hydrogen (secondary N) is 2. The van der Waals surface area contributed by atoms with Crippen molar-refractivity contribution in [3.05, 3.63) is 88.5 Å². The SMILES string of the molecule is CC(C)CCNc1ccc(-c2noc(-c3cccc(C(=O)NS(=O)(=O)c4ccccc4)c3)n2)cc1[N+](=O)[O-]. The Balaban J connectivity index is 1.54. The Morgan fingerprint density at radius 3 is 2.50 bits per heavy atom. The zero-order valence-electron chi connectivity index (χ0n) is 20.6.